The van der Waals surface area contributed by atoms with Crippen molar-refractivity contribution in [1.82, 2.24) is 19.4 Å². The Morgan fingerprint density at radius 2 is 1.96 bits per heavy atom. The van der Waals surface area contributed by atoms with Gasteiger partial charge in [-0.25, -0.2) is 13.2 Å². The molecule has 3 heterocycles. The molecule has 1 N–H and O–H groups in total. The highest BCUT2D eigenvalue weighted by molar-refractivity contribution is 7.90. The van der Waals surface area contributed by atoms with Crippen molar-refractivity contribution in [2.45, 2.75) is 33.5 Å². The van der Waals surface area contributed by atoms with Gasteiger partial charge in [-0.1, -0.05) is 0 Å². The molecule has 1 aliphatic heterocycles. The molecule has 2 aromatic heterocycles. The van der Waals surface area contributed by atoms with Crippen molar-refractivity contribution in [1.29, 1.82) is 0 Å². The minimum atomic E-state index is -3.24. The molecule has 0 amide bonds. The molecule has 8 nitrogen and oxygen atoms in total. The van der Waals surface area contributed by atoms with Gasteiger partial charge >= 0.3 is 5.69 Å². The van der Waals surface area contributed by atoms with Crippen LogP contribution in [0.25, 0.3) is 10.2 Å². The third kappa shape index (κ3) is 3.81. The number of nitrogens with zero attached hydrogens (tertiary/aromatic N) is 3. The van der Waals surface area contributed by atoms with Gasteiger partial charge in [-0.3, -0.25) is 13.9 Å². The molecule has 0 spiro atoms. The largest absolute Gasteiger partial charge is 0.361 e. The molecule has 2 aromatic rings. The highest BCUT2D eigenvalue weighted by Gasteiger charge is 2.23. The zero-order valence-corrected chi connectivity index (χ0v) is 17.9. The third-order valence-corrected chi connectivity index (χ3v) is 7.30. The molecule has 0 aromatic carbocycles. The Bertz CT molecular complexity index is 1130. The molecule has 27 heavy (non-hydrogen) atoms. The lowest BCUT2D eigenvalue weighted by molar-refractivity contribution is 0.467. The normalized spacial score (nSPS) is 14.9. The van der Waals surface area contributed by atoms with Crippen LogP contribution in [0.1, 0.15) is 17.4 Å². The van der Waals surface area contributed by atoms with E-state index < -0.39 is 15.5 Å². The van der Waals surface area contributed by atoms with E-state index in [1.807, 2.05) is 11.8 Å². The number of thiocarbonyl (C=S) groups is 1. The first-order valence-corrected chi connectivity index (χ1v) is 11.9. The molecule has 1 aliphatic rings. The van der Waals surface area contributed by atoms with Gasteiger partial charge in [-0.15, -0.1) is 11.3 Å². The quantitative estimate of drug-likeness (QED) is 0.658. The Kier molecular flexibility index (Phi) is 5.46. The molecule has 3 rings (SSSR count). The Hall–Kier alpha value is -1.72. The summed E-state index contributed by atoms with van der Waals surface area (Å²) in [5.74, 6) is -0.156. The lowest BCUT2D eigenvalue weighted by atomic mass is 10.2. The topological polar surface area (TPSA) is 93.4 Å². The summed E-state index contributed by atoms with van der Waals surface area (Å²) >= 11 is 6.65. The fraction of sp³-hybridized carbons (Fsp3) is 0.562. The maximum atomic E-state index is 12.9. The standard InChI is InChI=1S/C16H22N4O4S3/c1-4-19-13(21)12-10(2)11(9-18-6-5-17-15(18)25)26-14(12)20(16(19)22)7-8-27(3,23)24/h4-9H2,1-3H3,(H,17,25). The number of hydrogen-bond donors (Lipinski definition) is 1. The molecule has 0 atom stereocenters. The number of nitrogens with one attached hydrogen (secondary N) is 1. The highest BCUT2D eigenvalue weighted by Crippen LogP contribution is 2.29. The Morgan fingerprint density at radius 1 is 1.26 bits per heavy atom. The average molecular weight is 431 g/mol. The van der Waals surface area contributed by atoms with E-state index in [0.717, 1.165) is 34.4 Å². The van der Waals surface area contributed by atoms with E-state index in [-0.39, 0.29) is 24.4 Å². The predicted octanol–water partition coefficient (Wildman–Crippen LogP) is 0.288. The zero-order chi connectivity index (χ0) is 19.9. The van der Waals surface area contributed by atoms with Gasteiger partial charge in [0, 0.05) is 37.3 Å². The van der Waals surface area contributed by atoms with E-state index in [9.17, 15) is 18.0 Å². The molecule has 0 unspecified atom stereocenters. The average Bonchev–Trinajstić information content (AvgIpc) is 3.11. The molecule has 148 valence electrons. The predicted molar refractivity (Wildman–Crippen MR) is 111 cm³/mol. The van der Waals surface area contributed by atoms with Crippen molar-refractivity contribution in [3.05, 3.63) is 31.3 Å². The van der Waals surface area contributed by atoms with Crippen LogP contribution in [0.3, 0.4) is 0 Å². The van der Waals surface area contributed by atoms with Crippen molar-refractivity contribution < 1.29 is 8.42 Å². The third-order valence-electron chi connectivity index (χ3n) is 4.67. The highest BCUT2D eigenvalue weighted by atomic mass is 32.2. The van der Waals surface area contributed by atoms with Crippen molar-refractivity contribution in [3.8, 4) is 0 Å². The van der Waals surface area contributed by atoms with Gasteiger partial charge in [0.15, 0.2) is 5.11 Å². The van der Waals surface area contributed by atoms with Gasteiger partial charge in [-0.2, -0.15) is 0 Å². The number of fused-ring (bicyclic) bond motifs is 1. The van der Waals surface area contributed by atoms with Crippen LogP contribution in [-0.2, 0) is 29.5 Å². The Balaban J connectivity index is 2.18. The van der Waals surface area contributed by atoms with Crippen LogP contribution < -0.4 is 16.6 Å². The fourth-order valence-corrected chi connectivity index (χ4v) is 5.26. The molecule has 0 saturated carbocycles. The van der Waals surface area contributed by atoms with Gasteiger partial charge in [0.05, 0.1) is 17.7 Å². The number of hydrogen-bond acceptors (Lipinski definition) is 6. The Morgan fingerprint density at radius 3 is 2.52 bits per heavy atom. The molecular formula is C16H22N4O4S3. The maximum absolute atomic E-state index is 12.9. The number of rotatable bonds is 6. The summed E-state index contributed by atoms with van der Waals surface area (Å²) in [5, 5.41) is 4.27. The summed E-state index contributed by atoms with van der Waals surface area (Å²) in [6.07, 6.45) is 1.14. The van der Waals surface area contributed by atoms with Crippen LogP contribution in [0, 0.1) is 6.92 Å². The number of aryl methyl sites for hydroxylation is 2. The van der Waals surface area contributed by atoms with Gasteiger partial charge in [0.25, 0.3) is 5.56 Å². The van der Waals surface area contributed by atoms with Crippen LogP contribution in [-0.4, -0.2) is 52.7 Å². The second-order valence-electron chi connectivity index (χ2n) is 6.60. The van der Waals surface area contributed by atoms with Gasteiger partial charge in [-0.05, 0) is 31.6 Å². The molecule has 0 bridgehead atoms. The molecule has 0 aliphatic carbocycles. The first-order chi connectivity index (χ1) is 12.6. The number of thiophene rings is 1. The summed E-state index contributed by atoms with van der Waals surface area (Å²) < 4.78 is 25.8. The van der Waals surface area contributed by atoms with Crippen LogP contribution in [0.4, 0.5) is 0 Å². The van der Waals surface area contributed by atoms with Crippen molar-refractivity contribution in [3.63, 3.8) is 0 Å². The summed E-state index contributed by atoms with van der Waals surface area (Å²) in [4.78, 5) is 29.1. The minimum Gasteiger partial charge on any atom is -0.361 e. The van der Waals surface area contributed by atoms with Gasteiger partial charge in [0.2, 0.25) is 0 Å². The second-order valence-corrected chi connectivity index (χ2v) is 10.3. The lowest BCUT2D eigenvalue weighted by Crippen LogP contribution is -2.40. The van der Waals surface area contributed by atoms with Crippen LogP contribution in [0.5, 0.6) is 0 Å². The van der Waals surface area contributed by atoms with Gasteiger partial charge < -0.3 is 10.2 Å². The summed E-state index contributed by atoms with van der Waals surface area (Å²) in [6, 6.07) is 0. The second kappa shape index (κ2) is 7.36. The fourth-order valence-electron chi connectivity index (χ4n) is 3.16. The first kappa shape index (κ1) is 20.0. The zero-order valence-electron chi connectivity index (χ0n) is 15.4. The Labute approximate surface area is 166 Å². The van der Waals surface area contributed by atoms with E-state index in [4.69, 9.17) is 12.2 Å². The monoisotopic (exact) mass is 430 g/mol. The van der Waals surface area contributed by atoms with E-state index in [1.54, 1.807) is 6.92 Å². The summed E-state index contributed by atoms with van der Waals surface area (Å²) in [7, 11) is -3.24. The molecule has 11 heteroatoms. The maximum Gasteiger partial charge on any atom is 0.332 e. The number of sulfone groups is 1. The van der Waals surface area contributed by atoms with Gasteiger partial charge in [0.1, 0.15) is 14.7 Å². The van der Waals surface area contributed by atoms with Crippen LogP contribution in [0.15, 0.2) is 9.59 Å². The lowest BCUT2D eigenvalue weighted by Gasteiger charge is -2.15. The van der Waals surface area contributed by atoms with E-state index >= 15 is 0 Å². The molecule has 1 saturated heterocycles. The van der Waals surface area contributed by atoms with Crippen LogP contribution in [0.2, 0.25) is 0 Å². The molecular weight excluding hydrogens is 408 g/mol. The van der Waals surface area contributed by atoms with Crippen molar-refractivity contribution in [2.24, 2.45) is 0 Å². The van der Waals surface area contributed by atoms with E-state index in [0.29, 0.717) is 21.9 Å². The summed E-state index contributed by atoms with van der Waals surface area (Å²) in [6.45, 7) is 5.98. The van der Waals surface area contributed by atoms with Crippen molar-refractivity contribution in [2.75, 3.05) is 25.1 Å². The van der Waals surface area contributed by atoms with E-state index in [2.05, 4.69) is 5.32 Å². The first-order valence-electron chi connectivity index (χ1n) is 8.60. The number of aromatic nitrogens is 2. The minimum absolute atomic E-state index is 0.0253. The SMILES string of the molecule is CCn1c(=O)c2c(C)c(CN3CCNC3=S)sc2n(CCS(C)(=O)=O)c1=O. The van der Waals surface area contributed by atoms with Crippen LogP contribution >= 0.6 is 23.6 Å². The molecule has 1 fully saturated rings. The molecule has 0 radical (unpaired) electrons. The summed E-state index contributed by atoms with van der Waals surface area (Å²) in [5.41, 5.74) is 0.0324. The smallest absolute Gasteiger partial charge is 0.332 e. The van der Waals surface area contributed by atoms with E-state index in [1.165, 1.54) is 15.9 Å². The van der Waals surface area contributed by atoms with Crippen molar-refractivity contribution >= 4 is 48.7 Å².